The van der Waals surface area contributed by atoms with E-state index in [-0.39, 0.29) is 22.3 Å². The van der Waals surface area contributed by atoms with Crippen molar-refractivity contribution >= 4 is 11.0 Å². The molecule has 0 aliphatic rings. The van der Waals surface area contributed by atoms with E-state index in [1.807, 2.05) is 4.98 Å². The third kappa shape index (κ3) is 5.13. The zero-order valence-electron chi connectivity index (χ0n) is 17.8. The number of alkyl halides is 5. The maximum Gasteiger partial charge on any atom is 0.422 e. The Morgan fingerprint density at radius 3 is 2.58 bits per heavy atom. The van der Waals surface area contributed by atoms with E-state index in [4.69, 9.17) is 4.74 Å². The topological polar surface area (TPSA) is 141 Å². The third-order valence-corrected chi connectivity index (χ3v) is 4.64. The van der Waals surface area contributed by atoms with Gasteiger partial charge >= 0.3 is 11.9 Å². The van der Waals surface area contributed by atoms with Crippen LogP contribution in [0.3, 0.4) is 0 Å². The second kappa shape index (κ2) is 9.31. The summed E-state index contributed by atoms with van der Waals surface area (Å²) in [5, 5.41) is 11.7. The monoisotopic (exact) mass is 517 g/mol. The van der Waals surface area contributed by atoms with E-state index in [0.29, 0.717) is 12.3 Å². The second-order valence-corrected chi connectivity index (χ2v) is 7.20. The Balaban J connectivity index is 1.72. The maximum absolute atomic E-state index is 13.9. The van der Waals surface area contributed by atoms with Gasteiger partial charge in [0.1, 0.15) is 5.69 Å². The molecule has 0 fully saturated rings. The van der Waals surface area contributed by atoms with Gasteiger partial charge in [0.05, 0.1) is 22.8 Å². The first-order valence-corrected chi connectivity index (χ1v) is 9.75. The van der Waals surface area contributed by atoms with Crippen molar-refractivity contribution in [2.45, 2.75) is 18.7 Å². The van der Waals surface area contributed by atoms with E-state index in [2.05, 4.69) is 30.0 Å². The van der Waals surface area contributed by atoms with Gasteiger partial charge in [0.2, 0.25) is 12.0 Å². The minimum Gasteiger partial charge on any atom is -0.481 e. The van der Waals surface area contributed by atoms with Crippen molar-refractivity contribution in [3.05, 3.63) is 56.9 Å². The number of rotatable bonds is 7. The smallest absolute Gasteiger partial charge is 0.422 e. The number of hydrogen-bond acceptors (Lipinski definition) is 8. The molecule has 4 aromatic rings. The number of halogens is 6. The minimum absolute atomic E-state index is 0.0226. The summed E-state index contributed by atoms with van der Waals surface area (Å²) in [6, 6.07) is 1.81. The molecule has 4 rings (SSSR count). The number of nitrogens with zero attached hydrogens (tertiary/aromatic N) is 5. The van der Waals surface area contributed by atoms with Gasteiger partial charge in [-0.05, 0) is 6.07 Å². The average Bonchev–Trinajstić information content (AvgIpc) is 3.11. The Labute approximate surface area is 194 Å². The summed E-state index contributed by atoms with van der Waals surface area (Å²) in [6.45, 7) is -1.86. The molecule has 0 amide bonds. The summed E-state index contributed by atoms with van der Waals surface area (Å²) >= 11 is 0. The highest BCUT2D eigenvalue weighted by Crippen LogP contribution is 2.33. The number of hydrogen-bond donors (Lipinski definition) is 2. The van der Waals surface area contributed by atoms with Crippen LogP contribution in [-0.4, -0.2) is 54.1 Å². The summed E-state index contributed by atoms with van der Waals surface area (Å²) in [4.78, 5) is 31.1. The van der Waals surface area contributed by atoms with Gasteiger partial charge in [-0.3, -0.25) is 14.8 Å². The van der Waals surface area contributed by atoms with E-state index < -0.39 is 59.7 Å². The highest BCUT2D eigenvalue weighted by molar-refractivity contribution is 5.84. The van der Waals surface area contributed by atoms with Crippen molar-refractivity contribution < 1.29 is 35.8 Å². The van der Waals surface area contributed by atoms with Gasteiger partial charge in [-0.1, -0.05) is 0 Å². The number of pyridine rings is 1. The minimum atomic E-state index is -4.80. The van der Waals surface area contributed by atoms with Crippen molar-refractivity contribution in [1.29, 1.82) is 0 Å². The molecule has 0 saturated heterocycles. The van der Waals surface area contributed by atoms with Gasteiger partial charge in [0.25, 0.3) is 12.0 Å². The van der Waals surface area contributed by atoms with E-state index in [0.717, 1.165) is 10.9 Å². The Bertz CT molecular complexity index is 1530. The molecular weight excluding hydrogens is 504 g/mol. The average molecular weight is 517 g/mol. The number of fused-ring (bicyclic) bond motifs is 1. The molecule has 36 heavy (non-hydrogen) atoms. The Morgan fingerprint density at radius 1 is 1.17 bits per heavy atom. The molecule has 0 bridgehead atoms. The van der Waals surface area contributed by atoms with Crippen LogP contribution >= 0.6 is 0 Å². The van der Waals surface area contributed by atoms with Gasteiger partial charge in [0.15, 0.2) is 23.8 Å². The molecule has 2 N–H and O–H groups in total. The Morgan fingerprint density at radius 2 is 1.92 bits per heavy atom. The normalized spacial score (nSPS) is 12.8. The first-order valence-electron chi connectivity index (χ1n) is 9.75. The lowest BCUT2D eigenvalue weighted by Gasteiger charge is -2.18. The summed E-state index contributed by atoms with van der Waals surface area (Å²) in [7, 11) is 1.40. The maximum atomic E-state index is 13.9. The van der Waals surface area contributed by atoms with Crippen molar-refractivity contribution in [3.8, 4) is 22.9 Å². The van der Waals surface area contributed by atoms with Crippen LogP contribution in [0.1, 0.15) is 11.8 Å². The van der Waals surface area contributed by atoms with Crippen molar-refractivity contribution in [2.75, 3.05) is 6.61 Å². The predicted octanol–water partition coefficient (Wildman–Crippen LogP) is 2.27. The molecule has 0 aliphatic heterocycles. The first-order chi connectivity index (χ1) is 16.9. The molecule has 0 aromatic carbocycles. The number of nitrogens with one attached hydrogen (secondary N) is 2. The zero-order valence-corrected chi connectivity index (χ0v) is 17.8. The van der Waals surface area contributed by atoms with E-state index in [1.54, 1.807) is 0 Å². The lowest BCUT2D eigenvalue weighted by molar-refractivity contribution is -0.153. The van der Waals surface area contributed by atoms with Crippen LogP contribution in [0.25, 0.3) is 22.3 Å². The summed E-state index contributed by atoms with van der Waals surface area (Å²) < 4.78 is 89.7. The van der Waals surface area contributed by atoms with E-state index in [9.17, 15) is 35.9 Å². The SMILES string of the molecule is Cn1nc(O[C@@H](c2cc(OCC(F)(F)F)c(F)cn2)C(F)F)c2cc(-c3c[nH]c(=O)[nH]c3=O)nnc21. The van der Waals surface area contributed by atoms with Crippen LogP contribution in [0.15, 0.2) is 34.1 Å². The molecule has 4 heterocycles. The lowest BCUT2D eigenvalue weighted by atomic mass is 10.2. The molecule has 0 spiro atoms. The standard InChI is InChI=1S/C19H13F6N7O4/c1-32-15-7(2-10(29-30-15)8-4-27-18(34)28-16(8)33)17(31-32)36-13(14(21)22)11-3-12(9(20)5-26-11)35-6-19(23,24)25/h2-5,13-14H,6H2,1H3,(H2,27,28,33,34)/t13-/m0/s1. The zero-order chi connectivity index (χ0) is 26.2. The fraction of sp³-hybridized carbons (Fsp3) is 0.263. The van der Waals surface area contributed by atoms with Gasteiger partial charge in [-0.25, -0.2) is 22.6 Å². The molecule has 1 atom stereocenters. The molecular formula is C19H13F6N7O4. The number of aryl methyl sites for hydroxylation is 1. The van der Waals surface area contributed by atoms with Gasteiger partial charge in [0, 0.05) is 19.3 Å². The Kier molecular flexibility index (Phi) is 6.38. The Hall–Kier alpha value is -4.44. The van der Waals surface area contributed by atoms with Crippen molar-refractivity contribution in [3.63, 3.8) is 0 Å². The number of H-pyrrole nitrogens is 2. The van der Waals surface area contributed by atoms with Crippen LogP contribution in [0, 0.1) is 5.82 Å². The van der Waals surface area contributed by atoms with Crippen LogP contribution in [0.2, 0.25) is 0 Å². The fourth-order valence-corrected chi connectivity index (χ4v) is 3.06. The summed E-state index contributed by atoms with van der Waals surface area (Å²) in [5.74, 6) is -2.67. The molecule has 190 valence electrons. The lowest BCUT2D eigenvalue weighted by Crippen LogP contribution is -2.22. The summed E-state index contributed by atoms with van der Waals surface area (Å²) in [6.07, 6.45) is -8.80. The van der Waals surface area contributed by atoms with Crippen LogP contribution in [-0.2, 0) is 7.05 Å². The molecule has 0 aliphatic carbocycles. The largest absolute Gasteiger partial charge is 0.481 e. The molecule has 0 saturated carbocycles. The number of aromatic amines is 2. The number of ether oxygens (including phenoxy) is 2. The highest BCUT2D eigenvalue weighted by Gasteiger charge is 2.32. The third-order valence-electron chi connectivity index (χ3n) is 4.64. The van der Waals surface area contributed by atoms with Crippen molar-refractivity contribution in [2.24, 2.45) is 7.05 Å². The quantitative estimate of drug-likeness (QED) is 0.356. The molecule has 17 heteroatoms. The number of aromatic nitrogens is 7. The van der Waals surface area contributed by atoms with Crippen LogP contribution < -0.4 is 20.7 Å². The van der Waals surface area contributed by atoms with Gasteiger partial charge in [-0.2, -0.15) is 13.2 Å². The van der Waals surface area contributed by atoms with Crippen LogP contribution in [0.5, 0.6) is 11.6 Å². The highest BCUT2D eigenvalue weighted by atomic mass is 19.4. The molecule has 0 unspecified atom stereocenters. The van der Waals surface area contributed by atoms with Crippen LogP contribution in [0.4, 0.5) is 26.3 Å². The van der Waals surface area contributed by atoms with E-state index in [1.165, 1.54) is 13.1 Å². The molecule has 4 aromatic heterocycles. The van der Waals surface area contributed by atoms with Crippen molar-refractivity contribution in [1.82, 2.24) is 34.9 Å². The molecule has 0 radical (unpaired) electrons. The predicted molar refractivity (Wildman–Crippen MR) is 108 cm³/mol. The first kappa shape index (κ1) is 24.7. The van der Waals surface area contributed by atoms with Gasteiger partial charge < -0.3 is 14.5 Å². The fourth-order valence-electron chi connectivity index (χ4n) is 3.06. The summed E-state index contributed by atoms with van der Waals surface area (Å²) in [5.41, 5.74) is -2.31. The molecule has 11 nitrogen and oxygen atoms in total. The second-order valence-electron chi connectivity index (χ2n) is 7.20. The van der Waals surface area contributed by atoms with E-state index >= 15 is 0 Å². The van der Waals surface area contributed by atoms with Gasteiger partial charge in [-0.15, -0.1) is 15.3 Å².